The van der Waals surface area contributed by atoms with E-state index in [0.717, 1.165) is 26.2 Å². The van der Waals surface area contributed by atoms with E-state index >= 15 is 0 Å². The van der Waals surface area contributed by atoms with E-state index in [1.54, 1.807) is 0 Å². The minimum absolute atomic E-state index is 0. The second-order valence-electron chi connectivity index (χ2n) is 13.4. The Kier molecular flexibility index (Phi) is 24.7. The minimum Gasteiger partial charge on any atom is -0.726 e. The number of carbonyl (C=O) groups excluding carboxylic acids is 2. The van der Waals surface area contributed by atoms with Crippen molar-refractivity contribution in [3.8, 4) is 0 Å². The van der Waals surface area contributed by atoms with Crippen LogP contribution in [0.5, 0.6) is 0 Å². The summed E-state index contributed by atoms with van der Waals surface area (Å²) in [6, 6.07) is 0. The Bertz CT molecular complexity index is 1480. The molecule has 0 bridgehead atoms. The van der Waals surface area contributed by atoms with E-state index in [1.165, 1.54) is 14.0 Å². The normalized spacial score (nSPS) is 35.6. The molecule has 3 aliphatic heterocycles. The quantitative estimate of drug-likeness (QED) is 0.0140. The third-order valence-corrected chi connectivity index (χ3v) is 10.1. The van der Waals surface area contributed by atoms with Crippen molar-refractivity contribution >= 4 is 32.7 Å². The van der Waals surface area contributed by atoms with Crippen LogP contribution in [0.15, 0.2) is 0 Å². The Balaban J connectivity index is 0.00000841. The maximum absolute atomic E-state index is 12.6. The number of ether oxygens (including phenoxy) is 7. The molecule has 28 heteroatoms. The van der Waals surface area contributed by atoms with Crippen LogP contribution in [-0.4, -0.2) is 181 Å². The maximum Gasteiger partial charge on any atom is 1.00 e. The number of hydrogen-bond acceptors (Lipinski definition) is 23. The molecule has 0 aromatic rings. The molecule has 0 unspecified atom stereocenters. The minimum atomic E-state index is -5.56. The predicted molar refractivity (Wildman–Crippen MR) is 176 cm³/mol. The van der Waals surface area contributed by atoms with Gasteiger partial charge in [0.25, 0.3) is 0 Å². The first-order chi connectivity index (χ1) is 26.1. The van der Waals surface area contributed by atoms with Crippen molar-refractivity contribution in [3.05, 3.63) is 0 Å². The predicted octanol–water partition coefficient (Wildman–Crippen LogP) is -10.1. The molecule has 24 nitrogen and oxygen atoms in total. The third-order valence-electron chi connectivity index (χ3n) is 9.12. The Morgan fingerprint density at radius 2 is 1.40 bits per heavy atom. The second kappa shape index (κ2) is 25.5. The van der Waals surface area contributed by atoms with Crippen molar-refractivity contribution in [2.24, 2.45) is 0 Å². The Hall–Kier alpha value is 0.200. The number of aliphatic hydroxyl groups excluding tert-OH is 5. The van der Waals surface area contributed by atoms with E-state index in [0.29, 0.717) is 19.3 Å². The van der Waals surface area contributed by atoms with Gasteiger partial charge in [-0.2, -0.15) is 0 Å². The molecule has 0 saturated carbocycles. The number of carbonyl (C=O) groups is 2. The van der Waals surface area contributed by atoms with Crippen molar-refractivity contribution < 1.29 is 167 Å². The van der Waals surface area contributed by atoms with Gasteiger partial charge < -0.3 is 78.2 Å². The van der Waals surface area contributed by atoms with Gasteiger partial charge in [-0.1, -0.05) is 25.7 Å². The number of nitrogens with one attached hydrogen (secondary N) is 1. The van der Waals surface area contributed by atoms with Gasteiger partial charge in [0.1, 0.15) is 54.9 Å². The molecular weight excluding hydrogens is 852 g/mol. The van der Waals surface area contributed by atoms with Crippen molar-refractivity contribution in [3.63, 3.8) is 0 Å². The summed E-state index contributed by atoms with van der Waals surface area (Å²) in [5.74, 6) is -1.26. The zero-order valence-corrected chi connectivity index (χ0v) is 38.4. The molecule has 14 atom stereocenters. The standard InChI is InChI=1S/C30H53NO23S2.2Na/c1-15-22(36)26(54-56(43,44)45)24(38)28(48-15)52-27-25(51-21-12-17(53-55(40,41)42)23(37)18(13-32)49-21)19(14-33)50-29(30(27,39)31-16(2)34)47-11-9-7-5-4-6-8-10-20(35)46-3;;/h15,17-19,21-29,32-33,36-39H,4-14H2,1-3H3,(H,31,34)(H,40,41,42)(H,43,44,45);;/q;2*+1/p-2/t15-,17+,18+,19+,21-,22+,23+,24-,25+,26+,27-,28-,29+,30+;;/m0../s1. The fourth-order valence-corrected chi connectivity index (χ4v) is 7.42. The van der Waals surface area contributed by atoms with Gasteiger partial charge >= 0.3 is 65.1 Å². The van der Waals surface area contributed by atoms with Gasteiger partial charge in [-0.25, -0.2) is 16.8 Å². The molecule has 3 rings (SSSR count). The summed E-state index contributed by atoms with van der Waals surface area (Å²) in [6.07, 6.45) is -21.3. The summed E-state index contributed by atoms with van der Waals surface area (Å²) in [7, 11) is -9.70. The van der Waals surface area contributed by atoms with Crippen molar-refractivity contribution in [1.82, 2.24) is 5.32 Å². The second-order valence-corrected chi connectivity index (χ2v) is 15.4. The number of rotatable bonds is 21. The molecule has 0 aliphatic carbocycles. The number of amides is 1. The fourth-order valence-electron chi connectivity index (χ4n) is 6.42. The van der Waals surface area contributed by atoms with Crippen molar-refractivity contribution in [1.29, 1.82) is 0 Å². The van der Waals surface area contributed by atoms with Gasteiger partial charge in [-0.15, -0.1) is 0 Å². The van der Waals surface area contributed by atoms with E-state index in [4.69, 9.17) is 28.4 Å². The maximum atomic E-state index is 12.6. The van der Waals surface area contributed by atoms with Crippen LogP contribution < -0.4 is 64.4 Å². The molecule has 0 spiro atoms. The Labute approximate surface area is 379 Å². The van der Waals surface area contributed by atoms with Crippen molar-refractivity contribution in [2.45, 2.75) is 151 Å². The fraction of sp³-hybridized carbons (Fsp3) is 0.933. The zero-order valence-electron chi connectivity index (χ0n) is 32.7. The van der Waals surface area contributed by atoms with Crippen LogP contribution in [0.25, 0.3) is 0 Å². The Morgan fingerprint density at radius 3 is 1.95 bits per heavy atom. The largest absolute Gasteiger partial charge is 1.00 e. The molecule has 7 N–H and O–H groups in total. The van der Waals surface area contributed by atoms with E-state index in [9.17, 15) is 66.2 Å². The molecule has 0 aromatic carbocycles. The van der Waals surface area contributed by atoms with Crippen LogP contribution >= 0.6 is 0 Å². The van der Waals surface area contributed by atoms with E-state index in [2.05, 4.69) is 18.4 Å². The molecule has 328 valence electrons. The van der Waals surface area contributed by atoms with Gasteiger partial charge in [-0.3, -0.25) is 18.0 Å². The van der Waals surface area contributed by atoms with Gasteiger partial charge in [0.2, 0.25) is 38.7 Å². The Morgan fingerprint density at radius 1 is 0.810 bits per heavy atom. The van der Waals surface area contributed by atoms with Gasteiger partial charge in [0.05, 0.1) is 26.4 Å². The first-order valence-corrected chi connectivity index (χ1v) is 20.3. The average Bonchev–Trinajstić information content (AvgIpc) is 3.10. The molecule has 0 aromatic heterocycles. The number of unbranched alkanes of at least 4 members (excludes halogenated alkanes) is 5. The van der Waals surface area contributed by atoms with Gasteiger partial charge in [-0.05, 0) is 19.8 Å². The molecule has 3 heterocycles. The van der Waals surface area contributed by atoms with Crippen LogP contribution in [0.4, 0.5) is 0 Å². The number of esters is 1. The molecule has 58 heavy (non-hydrogen) atoms. The van der Waals surface area contributed by atoms with Crippen LogP contribution in [0.2, 0.25) is 0 Å². The van der Waals surface area contributed by atoms with E-state index in [-0.39, 0.29) is 78.1 Å². The number of hydrogen-bond donors (Lipinski definition) is 7. The summed E-state index contributed by atoms with van der Waals surface area (Å²) in [5, 5.41) is 66.7. The summed E-state index contributed by atoms with van der Waals surface area (Å²) >= 11 is 0. The topological polar surface area (TPSA) is 365 Å². The van der Waals surface area contributed by atoms with E-state index < -0.39 is 132 Å². The summed E-state index contributed by atoms with van der Waals surface area (Å²) in [6.45, 7) is 0.0920. The van der Waals surface area contributed by atoms with Gasteiger partial charge in [0.15, 0.2) is 12.6 Å². The number of methoxy groups -OCH3 is 1. The number of aliphatic hydroxyl groups is 6. The summed E-state index contributed by atoms with van der Waals surface area (Å²) in [4.78, 5) is 23.9. The van der Waals surface area contributed by atoms with E-state index in [1.807, 2.05) is 0 Å². The molecular formula is C30H51NNa2O23S2. The molecule has 3 fully saturated rings. The average molecular weight is 904 g/mol. The third kappa shape index (κ3) is 16.7. The summed E-state index contributed by atoms with van der Waals surface area (Å²) < 4.78 is 117. The monoisotopic (exact) mass is 903 g/mol. The zero-order chi connectivity index (χ0) is 42.0. The first-order valence-electron chi connectivity index (χ1n) is 17.6. The molecule has 3 saturated heterocycles. The first kappa shape index (κ1) is 56.2. The van der Waals surface area contributed by atoms with Crippen LogP contribution in [-0.2, 0) is 71.9 Å². The summed E-state index contributed by atoms with van der Waals surface area (Å²) in [5.41, 5.74) is -2.88. The smallest absolute Gasteiger partial charge is 0.726 e. The SMILES string of the molecule is COC(=O)CCCCCCCCO[C@@H]1O[C@H](CO)[C@@H](O[C@H]2C[C@@H](OS(=O)(=O)[O-])[C@@H](O)[C@@H](CO)O2)[C@H](O[C@@H]2O[C@@H](C)[C@@H](O)[C@@H](OS(=O)(=O)[O-])[C@@H]2O)[C@]1(O)NC(C)=O.[Na+].[Na+]. The molecule has 1 amide bonds. The molecule has 0 radical (unpaired) electrons. The van der Waals surface area contributed by atoms with Gasteiger partial charge in [0, 0.05) is 26.4 Å². The van der Waals surface area contributed by atoms with Crippen LogP contribution in [0.1, 0.15) is 65.2 Å². The van der Waals surface area contributed by atoms with Crippen molar-refractivity contribution in [2.75, 3.05) is 26.9 Å². The van der Waals surface area contributed by atoms with Crippen LogP contribution in [0, 0.1) is 0 Å². The molecule has 3 aliphatic rings. The van der Waals surface area contributed by atoms with Crippen LogP contribution in [0.3, 0.4) is 0 Å².